The molecule has 2 N–H and O–H groups in total. The van der Waals surface area contributed by atoms with Gasteiger partial charge in [-0.15, -0.1) is 0 Å². The van der Waals surface area contributed by atoms with E-state index in [4.69, 9.17) is 5.73 Å². The van der Waals surface area contributed by atoms with Crippen molar-refractivity contribution in [2.45, 2.75) is 9.24 Å². The Bertz CT molecular complexity index is 370. The van der Waals surface area contributed by atoms with Crippen LogP contribution in [-0.4, -0.2) is 14.3 Å². The molecule has 0 atom stereocenters. The number of pyridine rings is 1. The Morgan fingerprint density at radius 3 is 2.85 bits per heavy atom. The molecular weight excluding hydrogens is 204 g/mol. The predicted molar refractivity (Wildman–Crippen MR) is 52.7 cm³/mol. The van der Waals surface area contributed by atoms with Crippen LogP contribution in [0, 0.1) is 0 Å². The topological polar surface area (TPSA) is 64.7 Å². The molecule has 4 nitrogen and oxygen atoms in total. The van der Waals surface area contributed by atoms with Gasteiger partial charge in [0.2, 0.25) is 0 Å². The van der Waals surface area contributed by atoms with Gasteiger partial charge in [-0.05, 0) is 23.7 Å². The Hall–Kier alpha value is -1.14. The van der Waals surface area contributed by atoms with Crippen molar-refractivity contribution in [1.29, 1.82) is 0 Å². The molecule has 66 valence electrons. The first-order valence-corrected chi connectivity index (χ1v) is 5.09. The van der Waals surface area contributed by atoms with E-state index in [2.05, 4.69) is 14.3 Å². The molecule has 0 unspecified atom stereocenters. The highest BCUT2D eigenvalue weighted by Crippen LogP contribution is 2.27. The largest absolute Gasteiger partial charge is 0.384 e. The maximum atomic E-state index is 5.45. The average molecular weight is 210 g/mol. The normalized spacial score (nSPS) is 10.2. The highest BCUT2D eigenvalue weighted by molar-refractivity contribution is 8.01. The van der Waals surface area contributed by atoms with E-state index in [0.717, 1.165) is 9.24 Å². The van der Waals surface area contributed by atoms with Crippen LogP contribution < -0.4 is 5.73 Å². The monoisotopic (exact) mass is 210 g/mol. The van der Waals surface area contributed by atoms with Crippen molar-refractivity contribution in [1.82, 2.24) is 14.3 Å². The fourth-order valence-electron chi connectivity index (χ4n) is 0.761. The lowest BCUT2D eigenvalue weighted by molar-refractivity contribution is 1.20. The molecular formula is C7H6N4S2. The van der Waals surface area contributed by atoms with Crippen molar-refractivity contribution in [3.63, 3.8) is 0 Å². The summed E-state index contributed by atoms with van der Waals surface area (Å²) < 4.78 is 4.81. The Kier molecular flexibility index (Phi) is 2.42. The summed E-state index contributed by atoms with van der Waals surface area (Å²) in [6.07, 6.45) is 3.26. The maximum Gasteiger partial charge on any atom is 0.174 e. The molecule has 2 aromatic heterocycles. The molecule has 0 aliphatic heterocycles. The average Bonchev–Trinajstić information content (AvgIpc) is 2.62. The molecule has 0 spiro atoms. The van der Waals surface area contributed by atoms with Crippen LogP contribution in [0.2, 0.25) is 0 Å². The Labute approximate surface area is 83.4 Å². The van der Waals surface area contributed by atoms with E-state index in [1.807, 2.05) is 6.07 Å². The van der Waals surface area contributed by atoms with Gasteiger partial charge in [-0.25, -0.2) is 9.97 Å². The minimum Gasteiger partial charge on any atom is -0.384 e. The summed E-state index contributed by atoms with van der Waals surface area (Å²) in [4.78, 5) is 9.04. The van der Waals surface area contributed by atoms with Crippen molar-refractivity contribution in [3.8, 4) is 0 Å². The van der Waals surface area contributed by atoms with Gasteiger partial charge in [-0.2, -0.15) is 4.37 Å². The summed E-state index contributed by atoms with van der Waals surface area (Å²) >= 11 is 2.89. The van der Waals surface area contributed by atoms with Crippen molar-refractivity contribution >= 4 is 29.1 Å². The van der Waals surface area contributed by atoms with E-state index in [1.54, 1.807) is 12.3 Å². The molecule has 0 aromatic carbocycles. The lowest BCUT2D eigenvalue weighted by atomic mass is 10.5. The minimum atomic E-state index is 0.529. The standard InChI is InChI=1S/C7H6N4S2/c8-6-2-1-5(3-9-6)12-7-10-4-11-13-7/h1-4H,(H2,8,9). The van der Waals surface area contributed by atoms with Crippen LogP contribution >= 0.6 is 23.3 Å². The second kappa shape index (κ2) is 3.71. The van der Waals surface area contributed by atoms with Gasteiger partial charge in [0.1, 0.15) is 12.1 Å². The van der Waals surface area contributed by atoms with Crippen LogP contribution in [0.1, 0.15) is 0 Å². The lowest BCUT2D eigenvalue weighted by Crippen LogP contribution is -1.87. The lowest BCUT2D eigenvalue weighted by Gasteiger charge is -1.95. The predicted octanol–water partition coefficient (Wildman–Crippen LogP) is 1.67. The van der Waals surface area contributed by atoms with Crippen LogP contribution in [0.3, 0.4) is 0 Å². The zero-order valence-electron chi connectivity index (χ0n) is 6.54. The third-order valence-electron chi connectivity index (χ3n) is 1.31. The van der Waals surface area contributed by atoms with E-state index < -0.39 is 0 Å². The quantitative estimate of drug-likeness (QED) is 0.816. The van der Waals surface area contributed by atoms with Gasteiger partial charge in [0, 0.05) is 11.1 Å². The zero-order valence-corrected chi connectivity index (χ0v) is 8.18. The van der Waals surface area contributed by atoms with E-state index in [0.29, 0.717) is 5.82 Å². The SMILES string of the molecule is Nc1ccc(Sc2ncns2)cn1. The van der Waals surface area contributed by atoms with E-state index >= 15 is 0 Å². The van der Waals surface area contributed by atoms with Gasteiger partial charge >= 0.3 is 0 Å². The minimum absolute atomic E-state index is 0.529. The molecule has 2 rings (SSSR count). The summed E-state index contributed by atoms with van der Waals surface area (Å²) in [7, 11) is 0. The van der Waals surface area contributed by atoms with E-state index in [9.17, 15) is 0 Å². The molecule has 6 heteroatoms. The highest BCUT2D eigenvalue weighted by Gasteiger charge is 1.99. The molecule has 0 aliphatic carbocycles. The number of nitrogens with two attached hydrogens (primary N) is 1. The molecule has 2 aromatic rings. The van der Waals surface area contributed by atoms with Gasteiger partial charge in [-0.1, -0.05) is 11.8 Å². The Morgan fingerprint density at radius 1 is 1.31 bits per heavy atom. The third-order valence-corrected chi connectivity index (χ3v) is 3.00. The van der Waals surface area contributed by atoms with Crippen molar-refractivity contribution in [3.05, 3.63) is 24.7 Å². The summed E-state index contributed by atoms with van der Waals surface area (Å²) in [5, 5.41) is 0. The van der Waals surface area contributed by atoms with Crippen LogP contribution in [0.5, 0.6) is 0 Å². The highest BCUT2D eigenvalue weighted by atomic mass is 32.2. The number of hydrogen-bond donors (Lipinski definition) is 1. The molecule has 0 radical (unpaired) electrons. The Balaban J connectivity index is 2.15. The smallest absolute Gasteiger partial charge is 0.174 e. The molecule has 0 aliphatic rings. The molecule has 0 saturated heterocycles. The van der Waals surface area contributed by atoms with Crippen molar-refractivity contribution in [2.24, 2.45) is 0 Å². The Morgan fingerprint density at radius 2 is 2.23 bits per heavy atom. The van der Waals surface area contributed by atoms with Crippen molar-refractivity contribution < 1.29 is 0 Å². The van der Waals surface area contributed by atoms with Crippen LogP contribution in [0.25, 0.3) is 0 Å². The molecule has 0 saturated carbocycles. The van der Waals surface area contributed by atoms with Gasteiger partial charge in [0.25, 0.3) is 0 Å². The molecule has 0 fully saturated rings. The fourth-order valence-corrected chi connectivity index (χ4v) is 2.15. The first-order chi connectivity index (χ1) is 6.34. The molecule has 13 heavy (non-hydrogen) atoms. The zero-order chi connectivity index (χ0) is 9.10. The first kappa shape index (κ1) is 8.46. The number of anilines is 1. The van der Waals surface area contributed by atoms with Gasteiger partial charge in [0.05, 0.1) is 0 Å². The van der Waals surface area contributed by atoms with E-state index in [1.165, 1.54) is 29.6 Å². The van der Waals surface area contributed by atoms with Crippen LogP contribution in [0.4, 0.5) is 5.82 Å². The van der Waals surface area contributed by atoms with Crippen molar-refractivity contribution in [2.75, 3.05) is 5.73 Å². The number of aromatic nitrogens is 3. The van der Waals surface area contributed by atoms with Gasteiger partial charge in [-0.3, -0.25) is 0 Å². The second-order valence-corrected chi connectivity index (χ2v) is 4.33. The number of hydrogen-bond acceptors (Lipinski definition) is 6. The van der Waals surface area contributed by atoms with E-state index in [-0.39, 0.29) is 0 Å². The molecule has 0 amide bonds. The summed E-state index contributed by atoms with van der Waals surface area (Å²) in [5.41, 5.74) is 5.45. The molecule has 0 bridgehead atoms. The van der Waals surface area contributed by atoms with Crippen LogP contribution in [-0.2, 0) is 0 Å². The number of rotatable bonds is 2. The van der Waals surface area contributed by atoms with Crippen LogP contribution in [0.15, 0.2) is 33.9 Å². The van der Waals surface area contributed by atoms with Gasteiger partial charge in [0.15, 0.2) is 4.34 Å². The second-order valence-electron chi connectivity index (χ2n) is 2.23. The number of nitrogens with zero attached hydrogens (tertiary/aromatic N) is 3. The molecule has 2 heterocycles. The third kappa shape index (κ3) is 2.16. The summed E-state index contributed by atoms with van der Waals surface area (Å²) in [6.45, 7) is 0. The van der Waals surface area contributed by atoms with Gasteiger partial charge < -0.3 is 5.73 Å². The number of nitrogen functional groups attached to an aromatic ring is 1. The maximum absolute atomic E-state index is 5.45. The summed E-state index contributed by atoms with van der Waals surface area (Å²) in [6, 6.07) is 3.68. The summed E-state index contributed by atoms with van der Waals surface area (Å²) in [5.74, 6) is 0.529. The fraction of sp³-hybridized carbons (Fsp3) is 0. The first-order valence-electron chi connectivity index (χ1n) is 3.50.